The fourth-order valence-corrected chi connectivity index (χ4v) is 4.57. The molecule has 0 bridgehead atoms. The predicted molar refractivity (Wildman–Crippen MR) is 122 cm³/mol. The van der Waals surface area contributed by atoms with E-state index < -0.39 is 5.82 Å². The predicted octanol–water partition coefficient (Wildman–Crippen LogP) is 3.18. The molecule has 4 aromatic rings. The van der Waals surface area contributed by atoms with Gasteiger partial charge in [0.1, 0.15) is 5.82 Å². The third-order valence-corrected chi connectivity index (χ3v) is 5.72. The first-order valence-electron chi connectivity index (χ1n) is 10.7. The highest BCUT2D eigenvalue weighted by Crippen LogP contribution is 2.24. The van der Waals surface area contributed by atoms with Crippen LogP contribution in [-0.2, 0) is 0 Å². The number of imidazole rings is 2. The van der Waals surface area contributed by atoms with Gasteiger partial charge in [0.2, 0.25) is 0 Å². The zero-order chi connectivity index (χ0) is 22.6. The fourth-order valence-electron chi connectivity index (χ4n) is 4.57. The third-order valence-electron chi connectivity index (χ3n) is 5.72. The van der Waals surface area contributed by atoms with Crippen molar-refractivity contribution >= 4 is 28.7 Å². The van der Waals surface area contributed by atoms with Gasteiger partial charge in [-0.2, -0.15) is 0 Å². The zero-order valence-electron chi connectivity index (χ0n) is 18.6. The average molecular weight is 436 g/mol. The van der Waals surface area contributed by atoms with Crippen LogP contribution in [0.5, 0.6) is 0 Å². The van der Waals surface area contributed by atoms with Crippen LogP contribution >= 0.6 is 0 Å². The summed E-state index contributed by atoms with van der Waals surface area (Å²) in [5, 5.41) is 6.35. The van der Waals surface area contributed by atoms with E-state index in [0.29, 0.717) is 34.7 Å². The highest BCUT2D eigenvalue weighted by molar-refractivity contribution is 6.08. The highest BCUT2D eigenvalue weighted by Gasteiger charge is 2.24. The van der Waals surface area contributed by atoms with Gasteiger partial charge >= 0.3 is 0 Å². The molecular formula is C23H26FN7O. The van der Waals surface area contributed by atoms with E-state index in [4.69, 9.17) is 0 Å². The van der Waals surface area contributed by atoms with Gasteiger partial charge in [0.25, 0.3) is 5.91 Å². The molecule has 0 aromatic carbocycles. The number of carbonyl (C=O) groups excluding carboxylic acids is 1. The largest absolute Gasteiger partial charge is 0.355 e. The summed E-state index contributed by atoms with van der Waals surface area (Å²) >= 11 is 0. The molecule has 1 fully saturated rings. The smallest absolute Gasteiger partial charge is 0.259 e. The molecule has 0 spiro atoms. The Morgan fingerprint density at radius 1 is 1.06 bits per heavy atom. The van der Waals surface area contributed by atoms with Gasteiger partial charge in [0.15, 0.2) is 17.1 Å². The minimum Gasteiger partial charge on any atom is -0.355 e. The lowest BCUT2D eigenvalue weighted by molar-refractivity contribution is 0.102. The standard InChI is InChI=1S/C23H26FN7O/c1-13-8-29(9-14(2)25-13)20-6-5-18(21-26-16(4)11-31(20)21)23(32)28-17-7-19(24)22-27-15(3)10-30(22)12-17/h5-7,10-14,25H,8-9H2,1-4H3,(H,28,32). The number of aryl methyl sites for hydroxylation is 2. The van der Waals surface area contributed by atoms with Crippen molar-refractivity contribution in [1.29, 1.82) is 0 Å². The van der Waals surface area contributed by atoms with Gasteiger partial charge in [-0.25, -0.2) is 14.4 Å². The van der Waals surface area contributed by atoms with Crippen LogP contribution in [0.15, 0.2) is 36.8 Å². The zero-order valence-corrected chi connectivity index (χ0v) is 18.6. The van der Waals surface area contributed by atoms with Crippen molar-refractivity contribution in [2.24, 2.45) is 0 Å². The van der Waals surface area contributed by atoms with E-state index in [1.165, 1.54) is 6.07 Å². The average Bonchev–Trinajstić information content (AvgIpc) is 3.28. The molecule has 5 rings (SSSR count). The molecule has 1 aliphatic rings. The van der Waals surface area contributed by atoms with Gasteiger partial charge in [-0.05, 0) is 39.8 Å². The van der Waals surface area contributed by atoms with Gasteiger partial charge in [-0.15, -0.1) is 0 Å². The van der Waals surface area contributed by atoms with Crippen molar-refractivity contribution in [1.82, 2.24) is 24.1 Å². The maximum atomic E-state index is 14.4. The summed E-state index contributed by atoms with van der Waals surface area (Å²) in [6.45, 7) is 9.77. The number of fused-ring (bicyclic) bond motifs is 2. The molecule has 0 aliphatic carbocycles. The Kier molecular flexibility index (Phi) is 4.85. The number of hydrogen-bond acceptors (Lipinski definition) is 5. The molecule has 5 heterocycles. The van der Waals surface area contributed by atoms with Crippen molar-refractivity contribution in [3.8, 4) is 0 Å². The number of piperazine rings is 1. The van der Waals surface area contributed by atoms with Crippen LogP contribution < -0.4 is 15.5 Å². The summed E-state index contributed by atoms with van der Waals surface area (Å²) in [4.78, 5) is 24.2. The Labute approximate surface area is 185 Å². The monoisotopic (exact) mass is 435 g/mol. The van der Waals surface area contributed by atoms with E-state index in [1.807, 2.05) is 23.6 Å². The molecule has 1 amide bonds. The minimum absolute atomic E-state index is 0.232. The third kappa shape index (κ3) is 3.58. The number of nitrogens with one attached hydrogen (secondary N) is 2. The summed E-state index contributed by atoms with van der Waals surface area (Å²) in [5.41, 5.74) is 3.12. The van der Waals surface area contributed by atoms with Gasteiger partial charge in [-0.3, -0.25) is 9.20 Å². The Balaban J connectivity index is 1.50. The molecule has 9 heteroatoms. The second-order valence-corrected chi connectivity index (χ2v) is 8.70. The molecule has 0 radical (unpaired) electrons. The van der Waals surface area contributed by atoms with Crippen molar-refractivity contribution in [3.05, 3.63) is 59.6 Å². The van der Waals surface area contributed by atoms with Gasteiger partial charge in [-0.1, -0.05) is 0 Å². The topological polar surface area (TPSA) is 79.0 Å². The lowest BCUT2D eigenvalue weighted by atomic mass is 10.1. The van der Waals surface area contributed by atoms with E-state index >= 15 is 0 Å². The first kappa shape index (κ1) is 20.4. The van der Waals surface area contributed by atoms with Crippen LogP contribution in [0.2, 0.25) is 0 Å². The number of anilines is 2. The lowest BCUT2D eigenvalue weighted by Gasteiger charge is -2.37. The maximum absolute atomic E-state index is 14.4. The number of aromatic nitrogens is 4. The summed E-state index contributed by atoms with van der Waals surface area (Å²) in [6, 6.07) is 5.75. The molecular weight excluding hydrogens is 409 g/mol. The van der Waals surface area contributed by atoms with Crippen LogP contribution in [0.4, 0.5) is 15.9 Å². The SMILES string of the molecule is Cc1cn2cc(NC(=O)c3ccc(N4CC(C)NC(C)C4)n4cc(C)nc34)cc(F)c2n1. The van der Waals surface area contributed by atoms with Crippen LogP contribution in [0.3, 0.4) is 0 Å². The van der Waals surface area contributed by atoms with Gasteiger partial charge in [0.05, 0.1) is 22.6 Å². The Morgan fingerprint density at radius 2 is 1.75 bits per heavy atom. The fraction of sp³-hybridized carbons (Fsp3) is 0.348. The van der Waals surface area contributed by atoms with Crippen LogP contribution in [0.1, 0.15) is 35.6 Å². The van der Waals surface area contributed by atoms with Gasteiger partial charge < -0.3 is 19.9 Å². The molecule has 2 unspecified atom stereocenters. The number of amides is 1. The van der Waals surface area contributed by atoms with Crippen molar-refractivity contribution < 1.29 is 9.18 Å². The summed E-state index contributed by atoms with van der Waals surface area (Å²) in [7, 11) is 0. The lowest BCUT2D eigenvalue weighted by Crippen LogP contribution is -2.54. The summed E-state index contributed by atoms with van der Waals surface area (Å²) in [6.07, 6.45) is 5.31. The van der Waals surface area contributed by atoms with E-state index in [1.54, 1.807) is 29.8 Å². The molecule has 1 saturated heterocycles. The van der Waals surface area contributed by atoms with E-state index in [0.717, 1.165) is 24.6 Å². The number of pyridine rings is 2. The first-order valence-corrected chi connectivity index (χ1v) is 10.7. The van der Waals surface area contributed by atoms with Crippen molar-refractivity contribution in [3.63, 3.8) is 0 Å². The molecule has 166 valence electrons. The van der Waals surface area contributed by atoms with Crippen molar-refractivity contribution in [2.45, 2.75) is 39.8 Å². The quantitative estimate of drug-likeness (QED) is 0.517. The Morgan fingerprint density at radius 3 is 2.50 bits per heavy atom. The molecule has 8 nitrogen and oxygen atoms in total. The Hall–Kier alpha value is -3.46. The second kappa shape index (κ2) is 7.59. The van der Waals surface area contributed by atoms with Crippen LogP contribution in [0.25, 0.3) is 11.3 Å². The number of carbonyl (C=O) groups is 1. The highest BCUT2D eigenvalue weighted by atomic mass is 19.1. The molecule has 4 aromatic heterocycles. The molecule has 2 N–H and O–H groups in total. The summed E-state index contributed by atoms with van der Waals surface area (Å²) < 4.78 is 18.0. The normalized spacial score (nSPS) is 19.1. The van der Waals surface area contributed by atoms with E-state index in [-0.39, 0.29) is 11.6 Å². The Bertz CT molecular complexity index is 1330. The van der Waals surface area contributed by atoms with Crippen LogP contribution in [-0.4, -0.2) is 49.8 Å². The van der Waals surface area contributed by atoms with Crippen LogP contribution in [0, 0.1) is 19.7 Å². The number of nitrogens with zero attached hydrogens (tertiary/aromatic N) is 5. The number of hydrogen-bond donors (Lipinski definition) is 2. The summed E-state index contributed by atoms with van der Waals surface area (Å²) in [5.74, 6) is 0.165. The molecule has 1 aliphatic heterocycles. The molecule has 32 heavy (non-hydrogen) atoms. The molecule has 0 saturated carbocycles. The van der Waals surface area contributed by atoms with E-state index in [2.05, 4.69) is 39.3 Å². The number of rotatable bonds is 3. The van der Waals surface area contributed by atoms with E-state index in [9.17, 15) is 9.18 Å². The minimum atomic E-state index is -0.491. The second-order valence-electron chi connectivity index (χ2n) is 8.70. The van der Waals surface area contributed by atoms with Crippen molar-refractivity contribution in [2.75, 3.05) is 23.3 Å². The first-order chi connectivity index (χ1) is 15.3. The maximum Gasteiger partial charge on any atom is 0.259 e. The van der Waals surface area contributed by atoms with Gasteiger partial charge in [0, 0.05) is 49.8 Å². The number of halogens is 1. The molecule has 2 atom stereocenters.